The molecule has 0 spiro atoms. The van der Waals surface area contributed by atoms with Gasteiger partial charge in [-0.1, -0.05) is 12.1 Å². The predicted octanol–water partition coefficient (Wildman–Crippen LogP) is 1.82. The molecule has 0 amide bonds. The third-order valence-corrected chi connectivity index (χ3v) is 4.37. The Morgan fingerprint density at radius 1 is 1.43 bits per heavy atom. The summed E-state index contributed by atoms with van der Waals surface area (Å²) in [5.41, 5.74) is 10.0. The standard InChI is InChI=1S/C17H29N3O/c1-13(5-4-10-21)19-16(12-18)14-7-8-17-15(11-14)6-3-9-20(17)2/h7-8,11,13,16,19,21H,3-6,9-10,12,18H2,1-2H3. The van der Waals surface area contributed by atoms with E-state index in [0.29, 0.717) is 12.6 Å². The van der Waals surface area contributed by atoms with Gasteiger partial charge in [-0.05, 0) is 49.8 Å². The molecule has 1 aromatic rings. The van der Waals surface area contributed by atoms with Crippen molar-refractivity contribution in [3.8, 4) is 0 Å². The number of benzene rings is 1. The zero-order valence-corrected chi connectivity index (χ0v) is 13.3. The molecule has 2 unspecified atom stereocenters. The van der Waals surface area contributed by atoms with Crippen molar-refractivity contribution in [3.05, 3.63) is 29.3 Å². The van der Waals surface area contributed by atoms with Crippen LogP contribution in [-0.2, 0) is 6.42 Å². The lowest BCUT2D eigenvalue weighted by Crippen LogP contribution is -2.35. The van der Waals surface area contributed by atoms with Crippen molar-refractivity contribution in [2.45, 2.75) is 44.7 Å². The number of nitrogens with one attached hydrogen (secondary N) is 1. The Balaban J connectivity index is 2.08. The molecule has 0 bridgehead atoms. The molecule has 0 saturated carbocycles. The lowest BCUT2D eigenvalue weighted by molar-refractivity contribution is 0.274. The van der Waals surface area contributed by atoms with Gasteiger partial charge in [-0.3, -0.25) is 0 Å². The molecule has 4 nitrogen and oxygen atoms in total. The smallest absolute Gasteiger partial charge is 0.0446 e. The Kier molecular flexibility index (Phi) is 6.03. The fraction of sp³-hybridized carbons (Fsp3) is 0.647. The molecule has 2 atom stereocenters. The third kappa shape index (κ3) is 4.19. The van der Waals surface area contributed by atoms with Crippen LogP contribution in [0.1, 0.15) is 43.4 Å². The first kappa shape index (κ1) is 16.3. The summed E-state index contributed by atoms with van der Waals surface area (Å²) in [6.07, 6.45) is 4.19. The van der Waals surface area contributed by atoms with Gasteiger partial charge in [0.1, 0.15) is 0 Å². The zero-order chi connectivity index (χ0) is 15.2. The second kappa shape index (κ2) is 7.78. The molecule has 1 aliphatic heterocycles. The van der Waals surface area contributed by atoms with E-state index in [1.54, 1.807) is 0 Å². The molecule has 1 aliphatic rings. The van der Waals surface area contributed by atoms with Crippen LogP contribution in [0.4, 0.5) is 5.69 Å². The number of rotatable bonds is 7. The van der Waals surface area contributed by atoms with Crippen LogP contribution in [0.15, 0.2) is 18.2 Å². The number of anilines is 1. The van der Waals surface area contributed by atoms with Gasteiger partial charge in [0.25, 0.3) is 0 Å². The summed E-state index contributed by atoms with van der Waals surface area (Å²) in [6, 6.07) is 7.30. The molecule has 1 heterocycles. The Morgan fingerprint density at radius 2 is 2.24 bits per heavy atom. The molecular formula is C17H29N3O. The molecular weight excluding hydrogens is 262 g/mol. The van der Waals surface area contributed by atoms with Gasteiger partial charge >= 0.3 is 0 Å². The van der Waals surface area contributed by atoms with Gasteiger partial charge in [-0.25, -0.2) is 0 Å². The molecule has 0 fully saturated rings. The second-order valence-electron chi connectivity index (χ2n) is 6.14. The number of hydrogen-bond donors (Lipinski definition) is 3. The van der Waals surface area contributed by atoms with E-state index in [9.17, 15) is 0 Å². The SMILES string of the molecule is CC(CCCO)NC(CN)c1ccc2c(c1)CCCN2C. The van der Waals surface area contributed by atoms with Crippen molar-refractivity contribution >= 4 is 5.69 Å². The summed E-state index contributed by atoms with van der Waals surface area (Å²) < 4.78 is 0. The van der Waals surface area contributed by atoms with E-state index in [1.165, 1.54) is 23.2 Å². The van der Waals surface area contributed by atoms with E-state index in [0.717, 1.165) is 25.8 Å². The maximum absolute atomic E-state index is 8.92. The molecule has 0 aliphatic carbocycles. The monoisotopic (exact) mass is 291 g/mol. The maximum Gasteiger partial charge on any atom is 0.0446 e. The number of hydrogen-bond acceptors (Lipinski definition) is 4. The van der Waals surface area contributed by atoms with Crippen molar-refractivity contribution in [1.82, 2.24) is 5.32 Å². The Bertz CT molecular complexity index is 450. The van der Waals surface area contributed by atoms with Gasteiger partial charge < -0.3 is 21.1 Å². The fourth-order valence-corrected chi connectivity index (χ4v) is 3.15. The fourth-order valence-electron chi connectivity index (χ4n) is 3.15. The van der Waals surface area contributed by atoms with Crippen molar-refractivity contribution in [2.75, 3.05) is 31.6 Å². The highest BCUT2D eigenvalue weighted by Crippen LogP contribution is 2.28. The number of aliphatic hydroxyl groups excluding tert-OH is 1. The summed E-state index contributed by atoms with van der Waals surface area (Å²) in [7, 11) is 2.16. The summed E-state index contributed by atoms with van der Waals surface area (Å²) in [4.78, 5) is 2.33. The first-order valence-electron chi connectivity index (χ1n) is 8.06. The van der Waals surface area contributed by atoms with Crippen LogP contribution in [0.3, 0.4) is 0 Å². The van der Waals surface area contributed by atoms with Crippen molar-refractivity contribution < 1.29 is 5.11 Å². The van der Waals surface area contributed by atoms with Gasteiger partial charge in [0, 0.05) is 44.5 Å². The second-order valence-corrected chi connectivity index (χ2v) is 6.14. The van der Waals surface area contributed by atoms with Gasteiger partial charge in [0.05, 0.1) is 0 Å². The van der Waals surface area contributed by atoms with E-state index in [1.807, 2.05) is 0 Å². The van der Waals surface area contributed by atoms with Crippen LogP contribution < -0.4 is 16.0 Å². The number of fused-ring (bicyclic) bond motifs is 1. The predicted molar refractivity (Wildman–Crippen MR) is 88.7 cm³/mol. The lowest BCUT2D eigenvalue weighted by atomic mass is 9.96. The molecule has 0 radical (unpaired) electrons. The third-order valence-electron chi connectivity index (χ3n) is 4.37. The van der Waals surface area contributed by atoms with E-state index in [2.05, 4.69) is 42.4 Å². The molecule has 0 aromatic heterocycles. The highest BCUT2D eigenvalue weighted by Gasteiger charge is 2.17. The number of nitrogens with zero attached hydrogens (tertiary/aromatic N) is 1. The quantitative estimate of drug-likeness (QED) is 0.717. The highest BCUT2D eigenvalue weighted by atomic mass is 16.2. The summed E-state index contributed by atoms with van der Waals surface area (Å²) >= 11 is 0. The molecule has 2 rings (SSSR count). The molecule has 21 heavy (non-hydrogen) atoms. The van der Waals surface area contributed by atoms with E-state index < -0.39 is 0 Å². The number of nitrogens with two attached hydrogens (primary N) is 1. The van der Waals surface area contributed by atoms with Crippen molar-refractivity contribution in [2.24, 2.45) is 5.73 Å². The summed E-state index contributed by atoms with van der Waals surface area (Å²) in [5.74, 6) is 0. The van der Waals surface area contributed by atoms with Gasteiger partial charge in [-0.15, -0.1) is 0 Å². The van der Waals surface area contributed by atoms with Gasteiger partial charge in [0.15, 0.2) is 0 Å². The van der Waals surface area contributed by atoms with Crippen LogP contribution in [0, 0.1) is 0 Å². The van der Waals surface area contributed by atoms with E-state index in [4.69, 9.17) is 10.8 Å². The average Bonchev–Trinajstić information content (AvgIpc) is 2.50. The van der Waals surface area contributed by atoms with Crippen LogP contribution in [0.2, 0.25) is 0 Å². The van der Waals surface area contributed by atoms with Crippen LogP contribution in [0.5, 0.6) is 0 Å². The largest absolute Gasteiger partial charge is 0.396 e. The normalized spacial score (nSPS) is 17.4. The highest BCUT2D eigenvalue weighted by molar-refractivity contribution is 5.56. The number of aliphatic hydroxyl groups is 1. The minimum Gasteiger partial charge on any atom is -0.396 e. The van der Waals surface area contributed by atoms with Crippen LogP contribution in [-0.4, -0.2) is 37.9 Å². The van der Waals surface area contributed by atoms with E-state index >= 15 is 0 Å². The molecule has 4 heteroatoms. The minimum absolute atomic E-state index is 0.191. The topological polar surface area (TPSA) is 61.5 Å². The summed E-state index contributed by atoms with van der Waals surface area (Å²) in [5, 5.41) is 12.5. The zero-order valence-electron chi connectivity index (χ0n) is 13.3. The van der Waals surface area contributed by atoms with Gasteiger partial charge in [0.2, 0.25) is 0 Å². The number of aryl methyl sites for hydroxylation is 1. The van der Waals surface area contributed by atoms with Crippen molar-refractivity contribution in [3.63, 3.8) is 0 Å². The summed E-state index contributed by atoms with van der Waals surface area (Å²) in [6.45, 7) is 4.15. The van der Waals surface area contributed by atoms with Crippen LogP contribution in [0.25, 0.3) is 0 Å². The molecule has 4 N–H and O–H groups in total. The van der Waals surface area contributed by atoms with Gasteiger partial charge in [-0.2, -0.15) is 0 Å². The Morgan fingerprint density at radius 3 is 2.95 bits per heavy atom. The molecule has 1 aromatic carbocycles. The molecule has 0 saturated heterocycles. The Labute approximate surface area is 128 Å². The maximum atomic E-state index is 8.92. The average molecular weight is 291 g/mol. The van der Waals surface area contributed by atoms with E-state index in [-0.39, 0.29) is 12.6 Å². The first-order chi connectivity index (χ1) is 10.2. The first-order valence-corrected chi connectivity index (χ1v) is 8.06. The Hall–Kier alpha value is -1.10. The van der Waals surface area contributed by atoms with Crippen molar-refractivity contribution in [1.29, 1.82) is 0 Å². The molecule has 118 valence electrons. The minimum atomic E-state index is 0.191. The lowest BCUT2D eigenvalue weighted by Gasteiger charge is -2.29. The van der Waals surface area contributed by atoms with Crippen LogP contribution >= 0.6 is 0 Å².